The number of ether oxygens (including phenoxy) is 1. The summed E-state index contributed by atoms with van der Waals surface area (Å²) in [6.45, 7) is 4.47. The number of carbonyl (C=O) groups is 1. The Morgan fingerprint density at radius 3 is 2.63 bits per heavy atom. The van der Waals surface area contributed by atoms with Crippen molar-refractivity contribution >= 4 is 21.8 Å². The minimum absolute atomic E-state index is 0.139. The molecule has 1 amide bonds. The molecule has 2 rings (SSSR count). The van der Waals surface area contributed by atoms with Gasteiger partial charge in [0.15, 0.2) is 0 Å². The molecule has 0 spiro atoms. The standard InChI is InChI=1S/C15H20BrNO2/c1-11-7-13(9-14(16)8-11)15(18)17-5-3-12(4-6-17)10-19-2/h7-9,12H,3-6,10H2,1-2H3. The highest BCUT2D eigenvalue weighted by molar-refractivity contribution is 9.10. The lowest BCUT2D eigenvalue weighted by Crippen LogP contribution is -2.39. The van der Waals surface area contributed by atoms with E-state index >= 15 is 0 Å². The number of rotatable bonds is 3. The van der Waals surface area contributed by atoms with Crippen LogP contribution in [0.15, 0.2) is 22.7 Å². The quantitative estimate of drug-likeness (QED) is 0.853. The summed E-state index contributed by atoms with van der Waals surface area (Å²) in [5, 5.41) is 0. The average molecular weight is 326 g/mol. The molecule has 0 aliphatic carbocycles. The summed E-state index contributed by atoms with van der Waals surface area (Å²) >= 11 is 3.45. The van der Waals surface area contributed by atoms with E-state index < -0.39 is 0 Å². The zero-order chi connectivity index (χ0) is 13.8. The van der Waals surface area contributed by atoms with Crippen LogP contribution in [0.2, 0.25) is 0 Å². The van der Waals surface area contributed by atoms with E-state index in [0.717, 1.165) is 48.1 Å². The van der Waals surface area contributed by atoms with E-state index in [1.807, 2.05) is 30.0 Å². The monoisotopic (exact) mass is 325 g/mol. The lowest BCUT2D eigenvalue weighted by atomic mass is 9.97. The third kappa shape index (κ3) is 3.80. The number of carbonyl (C=O) groups excluding carboxylic acids is 1. The van der Waals surface area contributed by atoms with E-state index in [1.165, 1.54) is 0 Å². The van der Waals surface area contributed by atoms with Crippen molar-refractivity contribution < 1.29 is 9.53 Å². The Morgan fingerprint density at radius 2 is 2.05 bits per heavy atom. The number of benzene rings is 1. The summed E-state index contributed by atoms with van der Waals surface area (Å²) in [4.78, 5) is 14.4. The second-order valence-corrected chi connectivity index (χ2v) is 6.12. The fraction of sp³-hybridized carbons (Fsp3) is 0.533. The number of methoxy groups -OCH3 is 1. The molecular weight excluding hydrogens is 306 g/mol. The first-order valence-electron chi connectivity index (χ1n) is 6.65. The van der Waals surface area contributed by atoms with Crippen molar-refractivity contribution in [2.75, 3.05) is 26.8 Å². The lowest BCUT2D eigenvalue weighted by Gasteiger charge is -2.31. The highest BCUT2D eigenvalue weighted by Crippen LogP contribution is 2.21. The van der Waals surface area contributed by atoms with E-state index in [2.05, 4.69) is 15.9 Å². The molecule has 1 heterocycles. The van der Waals surface area contributed by atoms with E-state index in [1.54, 1.807) is 7.11 Å². The number of halogens is 1. The maximum Gasteiger partial charge on any atom is 0.253 e. The van der Waals surface area contributed by atoms with Gasteiger partial charge in [0.2, 0.25) is 0 Å². The van der Waals surface area contributed by atoms with Crippen LogP contribution >= 0.6 is 15.9 Å². The van der Waals surface area contributed by atoms with Crippen molar-refractivity contribution in [3.8, 4) is 0 Å². The second-order valence-electron chi connectivity index (χ2n) is 5.21. The number of piperidine rings is 1. The van der Waals surface area contributed by atoms with Gasteiger partial charge in [-0.15, -0.1) is 0 Å². The molecule has 0 radical (unpaired) electrons. The first-order valence-corrected chi connectivity index (χ1v) is 7.45. The van der Waals surface area contributed by atoms with Crippen molar-refractivity contribution in [2.45, 2.75) is 19.8 Å². The molecule has 104 valence electrons. The number of aryl methyl sites for hydroxylation is 1. The van der Waals surface area contributed by atoms with Crippen LogP contribution < -0.4 is 0 Å². The van der Waals surface area contributed by atoms with Crippen LogP contribution in [0.4, 0.5) is 0 Å². The Morgan fingerprint density at radius 1 is 1.37 bits per heavy atom. The van der Waals surface area contributed by atoms with Gasteiger partial charge >= 0.3 is 0 Å². The SMILES string of the molecule is COCC1CCN(C(=O)c2cc(C)cc(Br)c2)CC1. The zero-order valence-corrected chi connectivity index (χ0v) is 13.1. The molecule has 3 nitrogen and oxygen atoms in total. The largest absolute Gasteiger partial charge is 0.384 e. The maximum absolute atomic E-state index is 12.4. The van der Waals surface area contributed by atoms with Gasteiger partial charge in [0.25, 0.3) is 5.91 Å². The molecule has 1 aliphatic rings. The fourth-order valence-electron chi connectivity index (χ4n) is 2.58. The van der Waals surface area contributed by atoms with Crippen LogP contribution in [0, 0.1) is 12.8 Å². The summed E-state index contributed by atoms with van der Waals surface area (Å²) in [5.41, 5.74) is 1.88. The van der Waals surface area contributed by atoms with Gasteiger partial charge in [-0.2, -0.15) is 0 Å². The molecule has 0 N–H and O–H groups in total. The van der Waals surface area contributed by atoms with Gasteiger partial charge in [-0.1, -0.05) is 15.9 Å². The number of hydrogen-bond acceptors (Lipinski definition) is 2. The molecule has 1 fully saturated rings. The Kier molecular flexibility index (Phi) is 4.99. The highest BCUT2D eigenvalue weighted by atomic mass is 79.9. The van der Waals surface area contributed by atoms with Gasteiger partial charge in [0.1, 0.15) is 0 Å². The minimum Gasteiger partial charge on any atom is -0.384 e. The van der Waals surface area contributed by atoms with E-state index in [-0.39, 0.29) is 5.91 Å². The molecule has 0 bridgehead atoms. The van der Waals surface area contributed by atoms with E-state index in [4.69, 9.17) is 4.74 Å². The van der Waals surface area contributed by atoms with Gasteiger partial charge in [-0.3, -0.25) is 4.79 Å². The molecule has 1 saturated heterocycles. The molecule has 0 saturated carbocycles. The lowest BCUT2D eigenvalue weighted by molar-refractivity contribution is 0.0613. The summed E-state index contributed by atoms with van der Waals surface area (Å²) < 4.78 is 6.15. The third-order valence-electron chi connectivity index (χ3n) is 3.59. The highest BCUT2D eigenvalue weighted by Gasteiger charge is 2.23. The Hall–Kier alpha value is -0.870. The van der Waals surface area contributed by atoms with Crippen LogP contribution in [-0.4, -0.2) is 37.6 Å². The van der Waals surface area contributed by atoms with Crippen molar-refractivity contribution in [1.29, 1.82) is 0 Å². The molecule has 0 aromatic heterocycles. The Labute approximate surface area is 123 Å². The molecule has 0 atom stereocenters. The summed E-state index contributed by atoms with van der Waals surface area (Å²) in [6.07, 6.45) is 2.07. The number of hydrogen-bond donors (Lipinski definition) is 0. The molecule has 4 heteroatoms. The number of amides is 1. The molecule has 0 unspecified atom stereocenters. The van der Waals surface area contributed by atoms with Crippen LogP contribution in [0.25, 0.3) is 0 Å². The van der Waals surface area contributed by atoms with Crippen molar-refractivity contribution in [1.82, 2.24) is 4.90 Å². The Balaban J connectivity index is 2.01. The minimum atomic E-state index is 0.139. The summed E-state index contributed by atoms with van der Waals surface area (Å²) in [6, 6.07) is 5.87. The molecule has 19 heavy (non-hydrogen) atoms. The first kappa shape index (κ1) is 14.5. The van der Waals surface area contributed by atoms with Gasteiger partial charge in [-0.25, -0.2) is 0 Å². The third-order valence-corrected chi connectivity index (χ3v) is 4.05. The normalized spacial score (nSPS) is 16.7. The van der Waals surface area contributed by atoms with Gasteiger partial charge in [-0.05, 0) is 49.4 Å². The van der Waals surface area contributed by atoms with Crippen LogP contribution in [0.5, 0.6) is 0 Å². The predicted octanol–water partition coefficient (Wildman–Crippen LogP) is 3.26. The van der Waals surface area contributed by atoms with Crippen LogP contribution in [0.3, 0.4) is 0 Å². The Bertz CT molecular complexity index is 433. The first-order chi connectivity index (χ1) is 9.10. The molecule has 1 aromatic rings. The van der Waals surface area contributed by atoms with Crippen molar-refractivity contribution in [3.63, 3.8) is 0 Å². The zero-order valence-electron chi connectivity index (χ0n) is 11.5. The van der Waals surface area contributed by atoms with E-state index in [9.17, 15) is 4.79 Å². The molecule has 1 aliphatic heterocycles. The van der Waals surface area contributed by atoms with Crippen LogP contribution in [0.1, 0.15) is 28.8 Å². The van der Waals surface area contributed by atoms with E-state index in [0.29, 0.717) is 5.92 Å². The van der Waals surface area contributed by atoms with Gasteiger partial charge in [0, 0.05) is 36.8 Å². The average Bonchev–Trinajstić information content (AvgIpc) is 2.38. The summed E-state index contributed by atoms with van der Waals surface area (Å²) in [7, 11) is 1.74. The molecule has 1 aromatic carbocycles. The maximum atomic E-state index is 12.4. The topological polar surface area (TPSA) is 29.5 Å². The second kappa shape index (κ2) is 6.53. The number of likely N-dealkylation sites (tertiary alicyclic amines) is 1. The van der Waals surface area contributed by atoms with Gasteiger partial charge in [0.05, 0.1) is 0 Å². The predicted molar refractivity (Wildman–Crippen MR) is 79.4 cm³/mol. The van der Waals surface area contributed by atoms with Gasteiger partial charge < -0.3 is 9.64 Å². The smallest absolute Gasteiger partial charge is 0.253 e. The molecular formula is C15H20BrNO2. The number of nitrogens with zero attached hydrogens (tertiary/aromatic N) is 1. The van der Waals surface area contributed by atoms with Crippen LogP contribution in [-0.2, 0) is 4.74 Å². The fourth-order valence-corrected chi connectivity index (χ4v) is 3.19. The summed E-state index contributed by atoms with van der Waals surface area (Å²) in [5.74, 6) is 0.735. The van der Waals surface area contributed by atoms with Crippen molar-refractivity contribution in [3.05, 3.63) is 33.8 Å². The van der Waals surface area contributed by atoms with Crippen molar-refractivity contribution in [2.24, 2.45) is 5.92 Å².